The summed E-state index contributed by atoms with van der Waals surface area (Å²) < 4.78 is 261. The van der Waals surface area contributed by atoms with E-state index < -0.39 is 98.4 Å². The van der Waals surface area contributed by atoms with Crippen LogP contribution in [0, 0.1) is 0 Å². The van der Waals surface area contributed by atoms with Crippen LogP contribution < -0.4 is 0 Å². The fraction of sp³-hybridized carbons (Fsp3) is 1.00. The average Bonchev–Trinajstić information content (AvgIpc) is 2.81. The molecule has 21 heteroatoms. The average molecular weight is 602 g/mol. The van der Waals surface area contributed by atoms with Gasteiger partial charge in [0.15, 0.2) is 67.9 Å². The minimum absolute atomic E-state index is 4.15. The van der Waals surface area contributed by atoms with Crippen LogP contribution in [0.1, 0.15) is 0 Å². The fourth-order valence-corrected chi connectivity index (χ4v) is 2.45. The summed E-state index contributed by atoms with van der Waals surface area (Å²) in [5.74, 6) is -14.3. The molecule has 1 N–H and O–H groups in total. The monoisotopic (exact) mass is 602 g/mol. The van der Waals surface area contributed by atoms with E-state index in [4.69, 9.17) is 5.11 Å². The lowest BCUT2D eigenvalue weighted by Gasteiger charge is -2.34. The summed E-state index contributed by atoms with van der Waals surface area (Å²) in [4.78, 5) is 0. The Morgan fingerprint density at radius 2 is 0.568 bits per heavy atom. The van der Waals surface area contributed by atoms with Crippen molar-refractivity contribution in [1.82, 2.24) is 0 Å². The second kappa shape index (κ2) is 12.6. The molecule has 0 bridgehead atoms. The first-order valence-corrected chi connectivity index (χ1v) is 9.20. The number of hydrogen-bond donors (Lipinski definition) is 1. The van der Waals surface area contributed by atoms with Crippen molar-refractivity contribution in [1.29, 1.82) is 0 Å². The van der Waals surface area contributed by atoms with Crippen molar-refractivity contribution in [3.8, 4) is 0 Å². The molecule has 0 aromatic rings. The van der Waals surface area contributed by atoms with Gasteiger partial charge in [0, 0.05) is 0 Å². The van der Waals surface area contributed by atoms with E-state index >= 15 is 0 Å². The van der Waals surface area contributed by atoms with Crippen LogP contribution in [0.4, 0.5) is 87.8 Å². The second-order valence-corrected chi connectivity index (χ2v) is 7.36. The molecule has 1 nitrogen and oxygen atoms in total. The quantitative estimate of drug-likeness (QED) is 0.223. The van der Waals surface area contributed by atoms with E-state index in [1.165, 1.54) is 0 Å². The molecule has 0 aliphatic heterocycles. The zero-order valence-corrected chi connectivity index (χ0v) is 17.0. The molecule has 224 valence electrons. The molecular weight excluding hydrogens is 588 g/mol. The molecule has 0 amide bonds. The van der Waals surface area contributed by atoms with Gasteiger partial charge in [-0.15, -0.1) is 0 Å². The Morgan fingerprint density at radius 1 is 0.351 bits per heavy atom. The normalized spacial score (nSPS) is 23.8. The van der Waals surface area contributed by atoms with Gasteiger partial charge in [-0.25, -0.2) is 61.5 Å². The first-order valence-electron chi connectivity index (χ1n) is 9.20. The van der Waals surface area contributed by atoms with Crippen LogP contribution in [0.3, 0.4) is 0 Å². The van der Waals surface area contributed by atoms with E-state index in [0.717, 1.165) is 0 Å². The zero-order valence-electron chi connectivity index (χ0n) is 17.0. The van der Waals surface area contributed by atoms with Crippen molar-refractivity contribution in [3.05, 3.63) is 0 Å². The molecule has 0 saturated carbocycles. The highest BCUT2D eigenvalue weighted by Gasteiger charge is 2.76. The number of hydrogen-bond acceptors (Lipinski definition) is 1. The SMILES string of the molecule is OC(F)(F)C(F)(F)C(F)(F)C(F)C(F)C(F)C(F)C(F)C(F)C(F)C(F)C(F)C(F)C(F)C(F)C(F)F. The molecule has 0 aliphatic carbocycles. The van der Waals surface area contributed by atoms with E-state index in [1.54, 1.807) is 0 Å². The molecule has 37 heavy (non-hydrogen) atoms. The predicted octanol–water partition coefficient (Wildman–Crippen LogP) is 6.16. The van der Waals surface area contributed by atoms with Crippen molar-refractivity contribution in [2.24, 2.45) is 0 Å². The van der Waals surface area contributed by atoms with Gasteiger partial charge in [0.25, 0.3) is 6.43 Å². The Morgan fingerprint density at radius 3 is 0.784 bits per heavy atom. The molecule has 0 fully saturated rings. The Hall–Kier alpha value is -1.44. The van der Waals surface area contributed by atoms with Crippen molar-refractivity contribution >= 4 is 0 Å². The van der Waals surface area contributed by atoms with E-state index in [1.807, 2.05) is 0 Å². The first kappa shape index (κ1) is 35.6. The third-order valence-corrected chi connectivity index (χ3v) is 4.71. The topological polar surface area (TPSA) is 20.2 Å². The summed E-state index contributed by atoms with van der Waals surface area (Å²) in [7, 11) is 0. The smallest absolute Gasteiger partial charge is 0.331 e. The van der Waals surface area contributed by atoms with Crippen LogP contribution in [-0.2, 0) is 0 Å². The van der Waals surface area contributed by atoms with Gasteiger partial charge in [-0.3, -0.25) is 0 Å². The Kier molecular flexibility index (Phi) is 12.1. The largest absolute Gasteiger partial charge is 0.423 e. The Labute approximate surface area is 192 Å². The lowest BCUT2D eigenvalue weighted by atomic mass is 9.92. The van der Waals surface area contributed by atoms with Crippen molar-refractivity contribution in [2.45, 2.75) is 98.4 Å². The Balaban J connectivity index is 5.57. The van der Waals surface area contributed by atoms with Crippen LogP contribution >= 0.6 is 0 Å². The molecule has 0 radical (unpaired) electrons. The summed E-state index contributed by atoms with van der Waals surface area (Å²) in [6, 6.07) is 0. The summed E-state index contributed by atoms with van der Waals surface area (Å²) in [5, 5.41) is 7.66. The fourth-order valence-electron chi connectivity index (χ4n) is 2.45. The maximum Gasteiger partial charge on any atom is 0.423 e. The molecule has 0 saturated heterocycles. The predicted molar refractivity (Wildman–Crippen MR) is 81.8 cm³/mol. The van der Waals surface area contributed by atoms with Crippen molar-refractivity contribution in [2.75, 3.05) is 0 Å². The van der Waals surface area contributed by atoms with Gasteiger partial charge in [-0.2, -0.15) is 26.3 Å². The third kappa shape index (κ3) is 7.36. The van der Waals surface area contributed by atoms with Gasteiger partial charge < -0.3 is 5.11 Å². The molecule has 0 aliphatic rings. The maximum atomic E-state index is 13.6. The maximum absolute atomic E-state index is 13.6. The molecule has 0 heterocycles. The molecule has 12 unspecified atom stereocenters. The summed E-state index contributed by atoms with van der Waals surface area (Å²) in [5.41, 5.74) is 0. The summed E-state index contributed by atoms with van der Waals surface area (Å²) >= 11 is 0. The lowest BCUT2D eigenvalue weighted by Crippen LogP contribution is -2.62. The number of rotatable bonds is 15. The Bertz CT molecular complexity index is 688. The van der Waals surface area contributed by atoms with E-state index in [-0.39, 0.29) is 0 Å². The summed E-state index contributed by atoms with van der Waals surface area (Å²) in [6.07, 6.45) is -67.1. The molecule has 0 rings (SSSR count). The molecule has 12 atom stereocenters. The van der Waals surface area contributed by atoms with Crippen molar-refractivity contribution < 1.29 is 92.9 Å². The van der Waals surface area contributed by atoms with Crippen LogP contribution in [0.25, 0.3) is 0 Å². The third-order valence-electron chi connectivity index (χ3n) is 4.71. The lowest BCUT2D eigenvalue weighted by molar-refractivity contribution is -0.395. The van der Waals surface area contributed by atoms with Crippen LogP contribution in [0.2, 0.25) is 0 Å². The highest BCUT2D eigenvalue weighted by Crippen LogP contribution is 2.48. The number of aliphatic hydroxyl groups is 1. The summed E-state index contributed by atoms with van der Waals surface area (Å²) in [6.45, 7) is 0. The van der Waals surface area contributed by atoms with E-state index in [2.05, 4.69) is 0 Å². The van der Waals surface area contributed by atoms with Gasteiger partial charge in [0.1, 0.15) is 0 Å². The molecule has 0 aromatic carbocycles. The van der Waals surface area contributed by atoms with Crippen LogP contribution in [0.5, 0.6) is 0 Å². The minimum Gasteiger partial charge on any atom is -0.331 e. The van der Waals surface area contributed by atoms with Crippen molar-refractivity contribution in [3.63, 3.8) is 0 Å². The first-order chi connectivity index (χ1) is 16.4. The van der Waals surface area contributed by atoms with Gasteiger partial charge in [-0.1, -0.05) is 0 Å². The van der Waals surface area contributed by atoms with E-state index in [9.17, 15) is 87.8 Å². The van der Waals surface area contributed by atoms with Gasteiger partial charge in [0.2, 0.25) is 6.17 Å². The van der Waals surface area contributed by atoms with Crippen LogP contribution in [0.15, 0.2) is 0 Å². The number of halogens is 20. The highest BCUT2D eigenvalue weighted by molar-refractivity contribution is 5.02. The van der Waals surface area contributed by atoms with E-state index in [0.29, 0.717) is 0 Å². The van der Waals surface area contributed by atoms with Gasteiger partial charge in [-0.05, 0) is 0 Å². The minimum atomic E-state index is -7.21. The molecule has 0 spiro atoms. The van der Waals surface area contributed by atoms with Gasteiger partial charge >= 0.3 is 18.0 Å². The number of alkyl halides is 20. The van der Waals surface area contributed by atoms with Gasteiger partial charge in [0.05, 0.1) is 0 Å². The zero-order chi connectivity index (χ0) is 30.0. The molecule has 0 aromatic heterocycles. The van der Waals surface area contributed by atoms with Crippen LogP contribution in [-0.4, -0.2) is 104 Å². The standard InChI is InChI=1S/C16H14F20O/c17-1(3(19)5(21)7(23)9(25)11(27)13(29)30)2(18)4(20)6(22)8(24)10(26)12(28)14(31,32)15(33,34)16(35,36)37/h1-13,37H. The molecular formula is C16H14F20O. The highest BCUT2D eigenvalue weighted by atomic mass is 19.4. The second-order valence-electron chi connectivity index (χ2n) is 7.36.